The molecule has 33 heavy (non-hydrogen) atoms. The Morgan fingerprint density at radius 2 is 1.88 bits per heavy atom. The Labute approximate surface area is 186 Å². The van der Waals surface area contributed by atoms with E-state index in [1.54, 1.807) is 6.07 Å². The van der Waals surface area contributed by atoms with E-state index in [0.717, 1.165) is 31.4 Å². The predicted molar refractivity (Wildman–Crippen MR) is 111 cm³/mol. The number of carbonyl (C=O) groups is 1. The van der Waals surface area contributed by atoms with Gasteiger partial charge in [-0.25, -0.2) is 9.97 Å². The number of nitrogens with zero attached hydrogens (tertiary/aromatic N) is 2. The van der Waals surface area contributed by atoms with Crippen molar-refractivity contribution >= 4 is 16.9 Å². The maximum absolute atomic E-state index is 13.1. The van der Waals surface area contributed by atoms with Crippen molar-refractivity contribution in [2.75, 3.05) is 13.2 Å². The maximum Gasteiger partial charge on any atom is 0.416 e. The Kier molecular flexibility index (Phi) is 4.22. The van der Waals surface area contributed by atoms with Crippen molar-refractivity contribution in [1.29, 1.82) is 0 Å². The molecule has 10 heteroatoms. The third-order valence-corrected chi connectivity index (χ3v) is 7.02. The number of aromatic amines is 1. The molecule has 0 radical (unpaired) electrons. The minimum Gasteiger partial charge on any atom is -0.486 e. The molecule has 0 atom stereocenters. The molecule has 1 amide bonds. The number of imidazole rings is 1. The second kappa shape index (κ2) is 6.85. The average Bonchev–Trinajstić information content (AvgIpc) is 3.22. The van der Waals surface area contributed by atoms with Gasteiger partial charge >= 0.3 is 6.18 Å². The number of nitrogens with one attached hydrogen (secondary N) is 2. The molecule has 2 aromatic heterocycles. The Morgan fingerprint density at radius 3 is 2.67 bits per heavy atom. The number of H-pyrrole nitrogens is 1. The number of ether oxygens (including phenoxy) is 2. The fraction of sp³-hybridized carbons (Fsp3) is 0.435. The van der Waals surface area contributed by atoms with Gasteiger partial charge in [0.1, 0.15) is 24.7 Å². The van der Waals surface area contributed by atoms with Crippen LogP contribution in [0.4, 0.5) is 13.2 Å². The Morgan fingerprint density at radius 1 is 1.09 bits per heavy atom. The number of hydrogen-bond acceptors (Lipinski definition) is 5. The van der Waals surface area contributed by atoms with Crippen molar-refractivity contribution in [3.8, 4) is 11.5 Å². The van der Waals surface area contributed by atoms with Crippen molar-refractivity contribution in [3.63, 3.8) is 0 Å². The van der Waals surface area contributed by atoms with Crippen LogP contribution in [0.3, 0.4) is 0 Å². The summed E-state index contributed by atoms with van der Waals surface area (Å²) in [5.74, 6) is 1.45. The number of carbonyl (C=O) groups excluding carboxylic acids is 1. The van der Waals surface area contributed by atoms with Crippen LogP contribution >= 0.6 is 0 Å². The molecule has 7 nitrogen and oxygen atoms in total. The Hall–Kier alpha value is -3.30. The lowest BCUT2D eigenvalue weighted by Crippen LogP contribution is -2.66. The van der Waals surface area contributed by atoms with E-state index in [2.05, 4.69) is 20.3 Å². The van der Waals surface area contributed by atoms with Gasteiger partial charge in [-0.2, -0.15) is 13.2 Å². The monoisotopic (exact) mass is 458 g/mol. The molecule has 0 spiro atoms. The lowest BCUT2D eigenvalue weighted by atomic mass is 9.49. The first-order valence-electron chi connectivity index (χ1n) is 10.9. The molecule has 2 N–H and O–H groups in total. The van der Waals surface area contributed by atoms with Crippen LogP contribution in [0.15, 0.2) is 30.5 Å². The molecule has 0 saturated heterocycles. The molecule has 3 fully saturated rings. The summed E-state index contributed by atoms with van der Waals surface area (Å²) in [5, 5.41) is 3.15. The largest absolute Gasteiger partial charge is 0.486 e. The van der Waals surface area contributed by atoms with Crippen molar-refractivity contribution in [2.45, 2.75) is 49.2 Å². The van der Waals surface area contributed by atoms with E-state index in [4.69, 9.17) is 9.47 Å². The van der Waals surface area contributed by atoms with Gasteiger partial charge < -0.3 is 19.8 Å². The minimum absolute atomic E-state index is 0.264. The van der Waals surface area contributed by atoms with Crippen LogP contribution in [-0.2, 0) is 11.6 Å². The number of aromatic nitrogens is 3. The Balaban J connectivity index is 1.22. The summed E-state index contributed by atoms with van der Waals surface area (Å²) in [6, 6.07) is 5.15. The van der Waals surface area contributed by atoms with Gasteiger partial charge in [0, 0.05) is 17.0 Å². The zero-order valence-corrected chi connectivity index (χ0v) is 17.6. The number of alkyl halides is 3. The smallest absolute Gasteiger partial charge is 0.416 e. The van der Waals surface area contributed by atoms with Gasteiger partial charge in [0.25, 0.3) is 5.91 Å². The first kappa shape index (κ1) is 20.3. The highest BCUT2D eigenvalue weighted by Crippen LogP contribution is 2.58. The molecular weight excluding hydrogens is 437 g/mol. The highest BCUT2D eigenvalue weighted by Gasteiger charge is 2.60. The standard InChI is InChI=1S/C23H21F3N4O3/c24-23(25,26)13-2-3-14-15(8-13)29-20(28-14)21-4-1-5-22(11-21,12-21)30-19(31)16-9-17-18(10-27-16)33-7-6-32-17/h2-3,8-10H,1,4-7,11-12H2,(H,28,29)(H,30,31). The van der Waals surface area contributed by atoms with Gasteiger partial charge in [0.15, 0.2) is 11.5 Å². The maximum atomic E-state index is 13.1. The van der Waals surface area contributed by atoms with E-state index in [0.29, 0.717) is 54.4 Å². The summed E-state index contributed by atoms with van der Waals surface area (Å²) in [4.78, 5) is 24.9. The first-order valence-corrected chi connectivity index (χ1v) is 10.9. The van der Waals surface area contributed by atoms with E-state index in [1.807, 2.05) is 0 Å². The van der Waals surface area contributed by atoms with Crippen LogP contribution in [0, 0.1) is 0 Å². The topological polar surface area (TPSA) is 89.1 Å². The average molecular weight is 458 g/mol. The SMILES string of the molecule is O=C(NC12CCCC(c3nc4ccc(C(F)(F)F)cc4[nH]3)(C1)C2)c1cc2c(cn1)OCCO2. The zero-order valence-electron chi connectivity index (χ0n) is 17.6. The summed E-state index contributed by atoms with van der Waals surface area (Å²) in [5.41, 5.74) is -0.195. The predicted octanol–water partition coefficient (Wildman–Crippen LogP) is 4.13. The number of halogens is 3. The molecule has 172 valence electrons. The summed E-state index contributed by atoms with van der Waals surface area (Å²) in [7, 11) is 0. The van der Waals surface area contributed by atoms with E-state index in [9.17, 15) is 18.0 Å². The second-order valence-electron chi connectivity index (χ2n) is 9.25. The summed E-state index contributed by atoms with van der Waals surface area (Å²) < 4.78 is 50.2. The first-order chi connectivity index (χ1) is 15.8. The Bertz CT molecular complexity index is 1260. The third kappa shape index (κ3) is 3.30. The van der Waals surface area contributed by atoms with Crippen molar-refractivity contribution < 1.29 is 27.4 Å². The van der Waals surface area contributed by atoms with Crippen LogP contribution in [0.1, 0.15) is 54.0 Å². The fourth-order valence-electron chi connectivity index (χ4n) is 5.61. The van der Waals surface area contributed by atoms with E-state index < -0.39 is 11.7 Å². The molecule has 1 aromatic carbocycles. The summed E-state index contributed by atoms with van der Waals surface area (Å²) in [6.07, 6.45) is 1.06. The molecular formula is C23H21F3N4O3. The number of hydrogen-bond donors (Lipinski definition) is 2. The van der Waals surface area contributed by atoms with Gasteiger partial charge in [-0.3, -0.25) is 4.79 Å². The third-order valence-electron chi connectivity index (χ3n) is 7.02. The molecule has 4 aliphatic rings. The van der Waals surface area contributed by atoms with Gasteiger partial charge in [-0.05, 0) is 43.9 Å². The zero-order chi connectivity index (χ0) is 22.8. The van der Waals surface area contributed by atoms with Gasteiger partial charge in [0.2, 0.25) is 0 Å². The van der Waals surface area contributed by atoms with E-state index in [-0.39, 0.29) is 22.6 Å². The highest BCUT2D eigenvalue weighted by molar-refractivity contribution is 5.93. The van der Waals surface area contributed by atoms with Crippen LogP contribution in [0.25, 0.3) is 11.0 Å². The molecule has 3 aliphatic carbocycles. The molecule has 0 unspecified atom stereocenters. The van der Waals surface area contributed by atoms with Gasteiger partial charge in [-0.1, -0.05) is 6.42 Å². The number of benzene rings is 1. The van der Waals surface area contributed by atoms with E-state index in [1.165, 1.54) is 12.3 Å². The second-order valence-corrected chi connectivity index (χ2v) is 9.25. The molecule has 2 bridgehead atoms. The number of amides is 1. The lowest BCUT2D eigenvalue weighted by Gasteiger charge is -2.59. The van der Waals surface area contributed by atoms with Crippen molar-refractivity contribution in [3.05, 3.63) is 47.5 Å². The summed E-state index contributed by atoms with van der Waals surface area (Å²) in [6.45, 7) is 0.872. The molecule has 3 saturated carbocycles. The van der Waals surface area contributed by atoms with Crippen LogP contribution in [0.5, 0.6) is 11.5 Å². The molecule has 3 aromatic rings. The van der Waals surface area contributed by atoms with Crippen molar-refractivity contribution in [1.82, 2.24) is 20.3 Å². The molecule has 7 rings (SSSR count). The molecule has 1 aliphatic heterocycles. The van der Waals surface area contributed by atoms with Crippen molar-refractivity contribution in [2.24, 2.45) is 0 Å². The van der Waals surface area contributed by atoms with Crippen LogP contribution in [0.2, 0.25) is 0 Å². The molecule has 3 heterocycles. The fourth-order valence-corrected chi connectivity index (χ4v) is 5.61. The minimum atomic E-state index is -4.40. The van der Waals surface area contributed by atoms with Crippen LogP contribution < -0.4 is 14.8 Å². The van der Waals surface area contributed by atoms with E-state index >= 15 is 0 Å². The quantitative estimate of drug-likeness (QED) is 0.616. The summed E-state index contributed by atoms with van der Waals surface area (Å²) >= 11 is 0. The van der Waals surface area contributed by atoms with Gasteiger partial charge in [0.05, 0.1) is 22.8 Å². The normalized spacial score (nSPS) is 26.0. The number of pyridine rings is 1. The number of rotatable bonds is 3. The highest BCUT2D eigenvalue weighted by atomic mass is 19.4. The number of fused-ring (bicyclic) bond motifs is 4. The van der Waals surface area contributed by atoms with Crippen LogP contribution in [-0.4, -0.2) is 39.6 Å². The lowest BCUT2D eigenvalue weighted by molar-refractivity contribution is -0.137. The van der Waals surface area contributed by atoms with Gasteiger partial charge in [-0.15, -0.1) is 0 Å².